The maximum Gasteiger partial charge on any atom is 0.258 e. The molecule has 84 valence electrons. The van der Waals surface area contributed by atoms with E-state index < -0.39 is 0 Å². The fourth-order valence-corrected chi connectivity index (χ4v) is 1.87. The second kappa shape index (κ2) is 4.35. The summed E-state index contributed by atoms with van der Waals surface area (Å²) in [4.78, 5) is 4.25. The van der Waals surface area contributed by atoms with E-state index in [-0.39, 0.29) is 6.04 Å². The molecule has 0 aliphatic heterocycles. The lowest BCUT2D eigenvalue weighted by atomic mass is 10.1. The minimum absolute atomic E-state index is 0.215. The van der Waals surface area contributed by atoms with Crippen LogP contribution in [0.4, 0.5) is 0 Å². The van der Waals surface area contributed by atoms with Crippen LogP contribution >= 0.6 is 15.9 Å². The first kappa shape index (κ1) is 11.3. The van der Waals surface area contributed by atoms with Gasteiger partial charge in [0.05, 0.1) is 6.04 Å². The summed E-state index contributed by atoms with van der Waals surface area (Å²) in [6.07, 6.45) is 0. The summed E-state index contributed by atoms with van der Waals surface area (Å²) in [6.45, 7) is 3.82. The van der Waals surface area contributed by atoms with Gasteiger partial charge in [0.25, 0.3) is 5.89 Å². The van der Waals surface area contributed by atoms with E-state index in [4.69, 9.17) is 10.3 Å². The normalized spacial score (nSPS) is 12.8. The Bertz CT molecular complexity index is 508. The number of nitrogens with zero attached hydrogens (tertiary/aromatic N) is 2. The lowest BCUT2D eigenvalue weighted by Crippen LogP contribution is -2.06. The average molecular weight is 282 g/mol. The lowest BCUT2D eigenvalue weighted by Gasteiger charge is -2.00. The fourth-order valence-electron chi connectivity index (χ4n) is 1.40. The Balaban J connectivity index is 2.42. The van der Waals surface area contributed by atoms with Crippen molar-refractivity contribution in [2.75, 3.05) is 0 Å². The zero-order valence-electron chi connectivity index (χ0n) is 9.07. The number of benzene rings is 1. The second-order valence-corrected chi connectivity index (χ2v) is 4.62. The predicted octanol–water partition coefficient (Wildman–Crippen LogP) is 2.83. The molecule has 1 aromatic heterocycles. The minimum atomic E-state index is -0.215. The molecule has 0 saturated carbocycles. The van der Waals surface area contributed by atoms with E-state index in [1.165, 1.54) is 0 Å². The molecule has 16 heavy (non-hydrogen) atoms. The van der Waals surface area contributed by atoms with E-state index in [0.29, 0.717) is 11.7 Å². The Morgan fingerprint density at radius 1 is 1.44 bits per heavy atom. The van der Waals surface area contributed by atoms with E-state index in [1.54, 1.807) is 0 Å². The highest BCUT2D eigenvalue weighted by Gasteiger charge is 2.13. The average Bonchev–Trinajstić information content (AvgIpc) is 2.66. The number of hydrogen-bond donors (Lipinski definition) is 1. The van der Waals surface area contributed by atoms with E-state index in [0.717, 1.165) is 15.6 Å². The molecule has 1 heterocycles. The largest absolute Gasteiger partial charge is 0.334 e. The molecular weight excluding hydrogens is 270 g/mol. The van der Waals surface area contributed by atoms with Gasteiger partial charge in [-0.1, -0.05) is 21.1 Å². The van der Waals surface area contributed by atoms with E-state index in [1.807, 2.05) is 32.0 Å². The van der Waals surface area contributed by atoms with E-state index in [9.17, 15) is 0 Å². The molecule has 0 fully saturated rings. The van der Waals surface area contributed by atoms with Crippen LogP contribution in [-0.4, -0.2) is 10.1 Å². The smallest absolute Gasteiger partial charge is 0.258 e. The van der Waals surface area contributed by atoms with Gasteiger partial charge in [-0.15, -0.1) is 0 Å². The van der Waals surface area contributed by atoms with Gasteiger partial charge in [-0.3, -0.25) is 0 Å². The molecular formula is C11H12BrN3O. The van der Waals surface area contributed by atoms with Crippen molar-refractivity contribution in [1.82, 2.24) is 10.1 Å². The quantitative estimate of drug-likeness (QED) is 0.919. The molecule has 5 heteroatoms. The van der Waals surface area contributed by atoms with Crippen LogP contribution in [0.1, 0.15) is 24.4 Å². The van der Waals surface area contributed by atoms with Crippen LogP contribution in [0.2, 0.25) is 0 Å². The van der Waals surface area contributed by atoms with Crippen molar-refractivity contribution in [2.24, 2.45) is 5.73 Å². The van der Waals surface area contributed by atoms with Gasteiger partial charge >= 0.3 is 0 Å². The summed E-state index contributed by atoms with van der Waals surface area (Å²) in [5.74, 6) is 1.04. The monoisotopic (exact) mass is 281 g/mol. The summed E-state index contributed by atoms with van der Waals surface area (Å²) >= 11 is 3.41. The molecule has 0 spiro atoms. The zero-order valence-corrected chi connectivity index (χ0v) is 10.7. The highest BCUT2D eigenvalue weighted by molar-refractivity contribution is 9.10. The third-order valence-corrected chi connectivity index (χ3v) is 2.76. The second-order valence-electron chi connectivity index (χ2n) is 3.71. The van der Waals surface area contributed by atoms with Crippen molar-refractivity contribution in [2.45, 2.75) is 19.9 Å². The molecule has 4 nitrogen and oxygen atoms in total. The summed E-state index contributed by atoms with van der Waals surface area (Å²) in [7, 11) is 0. The molecule has 2 aromatic rings. The molecule has 0 bridgehead atoms. The Hall–Kier alpha value is -1.20. The third kappa shape index (κ3) is 2.15. The summed E-state index contributed by atoms with van der Waals surface area (Å²) in [5, 5.41) is 3.83. The van der Waals surface area contributed by atoms with E-state index >= 15 is 0 Å². The van der Waals surface area contributed by atoms with Crippen molar-refractivity contribution in [1.29, 1.82) is 0 Å². The van der Waals surface area contributed by atoms with Crippen LogP contribution in [0.25, 0.3) is 11.5 Å². The topological polar surface area (TPSA) is 64.9 Å². The van der Waals surface area contributed by atoms with Gasteiger partial charge in [-0.25, -0.2) is 0 Å². The number of nitrogens with two attached hydrogens (primary N) is 1. The number of aromatic nitrogens is 2. The maximum absolute atomic E-state index is 5.67. The molecule has 0 amide bonds. The van der Waals surface area contributed by atoms with Crippen LogP contribution < -0.4 is 5.73 Å². The van der Waals surface area contributed by atoms with Gasteiger partial charge in [0.1, 0.15) is 0 Å². The van der Waals surface area contributed by atoms with Gasteiger partial charge in [0.2, 0.25) is 0 Å². The number of rotatable bonds is 2. The van der Waals surface area contributed by atoms with Crippen LogP contribution in [0.15, 0.2) is 27.2 Å². The molecule has 0 aliphatic carbocycles. The maximum atomic E-state index is 5.67. The van der Waals surface area contributed by atoms with Gasteiger partial charge in [0.15, 0.2) is 5.82 Å². The fraction of sp³-hybridized carbons (Fsp3) is 0.273. The summed E-state index contributed by atoms with van der Waals surface area (Å²) < 4.78 is 6.20. The van der Waals surface area contributed by atoms with Crippen LogP contribution in [-0.2, 0) is 0 Å². The van der Waals surface area contributed by atoms with Crippen molar-refractivity contribution < 1.29 is 4.52 Å². The van der Waals surface area contributed by atoms with Crippen molar-refractivity contribution >= 4 is 15.9 Å². The Labute approximate surface area is 102 Å². The Morgan fingerprint density at radius 3 is 2.75 bits per heavy atom. The van der Waals surface area contributed by atoms with Crippen LogP contribution in [0.5, 0.6) is 0 Å². The van der Waals surface area contributed by atoms with Crippen LogP contribution in [0.3, 0.4) is 0 Å². The van der Waals surface area contributed by atoms with Crippen LogP contribution in [0, 0.1) is 6.92 Å². The van der Waals surface area contributed by atoms with Crippen molar-refractivity contribution in [3.05, 3.63) is 34.1 Å². The lowest BCUT2D eigenvalue weighted by molar-refractivity contribution is 0.418. The van der Waals surface area contributed by atoms with Crippen molar-refractivity contribution in [3.8, 4) is 11.5 Å². The number of aryl methyl sites for hydroxylation is 1. The zero-order chi connectivity index (χ0) is 11.7. The molecule has 0 aliphatic rings. The van der Waals surface area contributed by atoms with E-state index in [2.05, 4.69) is 26.1 Å². The first-order valence-corrected chi connectivity index (χ1v) is 5.73. The SMILES string of the molecule is Cc1cc(Br)ccc1-c1nc(C(C)N)no1. The summed E-state index contributed by atoms with van der Waals surface area (Å²) in [6, 6.07) is 5.68. The molecule has 1 atom stereocenters. The number of halogens is 1. The Kier molecular flexibility index (Phi) is 3.07. The predicted molar refractivity (Wildman–Crippen MR) is 64.8 cm³/mol. The molecule has 0 saturated heterocycles. The minimum Gasteiger partial charge on any atom is -0.334 e. The summed E-state index contributed by atoms with van der Waals surface area (Å²) in [5.41, 5.74) is 7.69. The Morgan fingerprint density at radius 2 is 2.19 bits per heavy atom. The highest BCUT2D eigenvalue weighted by Crippen LogP contribution is 2.25. The highest BCUT2D eigenvalue weighted by atomic mass is 79.9. The molecule has 2 N–H and O–H groups in total. The third-order valence-electron chi connectivity index (χ3n) is 2.27. The molecule has 0 radical (unpaired) electrons. The van der Waals surface area contributed by atoms with Gasteiger partial charge < -0.3 is 10.3 Å². The first-order chi connectivity index (χ1) is 7.58. The van der Waals surface area contributed by atoms with Gasteiger partial charge in [-0.2, -0.15) is 4.98 Å². The van der Waals surface area contributed by atoms with Gasteiger partial charge in [0, 0.05) is 10.0 Å². The standard InChI is InChI=1S/C11H12BrN3O/c1-6-5-8(12)3-4-9(6)11-14-10(7(2)13)15-16-11/h3-5,7H,13H2,1-2H3. The molecule has 1 aromatic carbocycles. The first-order valence-electron chi connectivity index (χ1n) is 4.93. The molecule has 2 rings (SSSR count). The van der Waals surface area contributed by atoms with Gasteiger partial charge in [-0.05, 0) is 37.6 Å². The molecule has 1 unspecified atom stereocenters. The van der Waals surface area contributed by atoms with Crippen molar-refractivity contribution in [3.63, 3.8) is 0 Å². The number of hydrogen-bond acceptors (Lipinski definition) is 4.